The van der Waals surface area contributed by atoms with E-state index in [1.807, 2.05) is 11.8 Å². The van der Waals surface area contributed by atoms with Gasteiger partial charge in [-0.1, -0.05) is 30.3 Å². The predicted molar refractivity (Wildman–Crippen MR) is 134 cm³/mol. The Hall–Kier alpha value is -0.520. The largest absolute Gasteiger partial charge is 0.355 e. The van der Waals surface area contributed by atoms with Crippen molar-refractivity contribution in [2.75, 3.05) is 43.9 Å². The van der Waals surface area contributed by atoms with Gasteiger partial charge in [-0.2, -0.15) is 11.8 Å². The Morgan fingerprint density at radius 1 is 1.14 bits per heavy atom. The van der Waals surface area contributed by atoms with Crippen LogP contribution in [-0.4, -0.2) is 68.7 Å². The van der Waals surface area contributed by atoms with Gasteiger partial charge in [0.15, 0.2) is 5.96 Å². The van der Waals surface area contributed by atoms with Crippen molar-refractivity contribution in [3.63, 3.8) is 0 Å². The maximum absolute atomic E-state index is 12.4. The molecule has 2 aliphatic rings. The Balaban J connectivity index is 0.00000300. The van der Waals surface area contributed by atoms with Crippen LogP contribution in [0.4, 0.5) is 0 Å². The highest BCUT2D eigenvalue weighted by Crippen LogP contribution is 2.32. The van der Waals surface area contributed by atoms with Crippen LogP contribution < -0.4 is 10.6 Å². The van der Waals surface area contributed by atoms with Gasteiger partial charge in [-0.3, -0.25) is 4.99 Å². The monoisotopic (exact) mass is 552 g/mol. The summed E-state index contributed by atoms with van der Waals surface area (Å²) in [6.45, 7) is 1.64. The summed E-state index contributed by atoms with van der Waals surface area (Å²) < 4.78 is 26.5. The van der Waals surface area contributed by atoms with Gasteiger partial charge in [0.1, 0.15) is 0 Å². The highest BCUT2D eigenvalue weighted by molar-refractivity contribution is 14.0. The smallest absolute Gasteiger partial charge is 0.215 e. The Labute approximate surface area is 196 Å². The van der Waals surface area contributed by atoms with E-state index in [9.17, 15) is 8.42 Å². The van der Waals surface area contributed by atoms with Crippen molar-refractivity contribution in [3.8, 4) is 0 Å². The molecule has 1 aliphatic heterocycles. The number of halogens is 1. The van der Waals surface area contributed by atoms with Crippen LogP contribution in [0.2, 0.25) is 0 Å². The lowest BCUT2D eigenvalue weighted by atomic mass is 9.82. The second kappa shape index (κ2) is 12.4. The average Bonchev–Trinajstić information content (AvgIpc) is 2.74. The first-order valence-corrected chi connectivity index (χ1v) is 12.9. The van der Waals surface area contributed by atoms with Gasteiger partial charge in [0.25, 0.3) is 0 Å². The van der Waals surface area contributed by atoms with Crippen molar-refractivity contribution in [2.45, 2.75) is 37.6 Å². The van der Waals surface area contributed by atoms with Gasteiger partial charge in [0.2, 0.25) is 10.0 Å². The highest BCUT2D eigenvalue weighted by Gasteiger charge is 2.25. The molecule has 0 aromatic heterocycles. The minimum absolute atomic E-state index is 0. The van der Waals surface area contributed by atoms with Crippen molar-refractivity contribution in [1.29, 1.82) is 0 Å². The number of rotatable bonds is 6. The maximum atomic E-state index is 12.4. The van der Waals surface area contributed by atoms with Crippen LogP contribution in [0.25, 0.3) is 0 Å². The van der Waals surface area contributed by atoms with Crippen LogP contribution in [0, 0.1) is 0 Å². The highest BCUT2D eigenvalue weighted by atomic mass is 127. The molecule has 164 valence electrons. The van der Waals surface area contributed by atoms with Crippen LogP contribution in [0.1, 0.15) is 37.2 Å². The second-order valence-corrected chi connectivity index (χ2v) is 10.7. The van der Waals surface area contributed by atoms with E-state index in [4.69, 9.17) is 0 Å². The van der Waals surface area contributed by atoms with Crippen LogP contribution >= 0.6 is 35.7 Å². The molecule has 1 saturated carbocycles. The topological polar surface area (TPSA) is 73.8 Å². The van der Waals surface area contributed by atoms with Gasteiger partial charge in [-0.05, 0) is 37.2 Å². The Bertz CT molecular complexity index is 732. The lowest BCUT2D eigenvalue weighted by Gasteiger charge is -2.30. The molecule has 9 heteroatoms. The molecule has 0 bridgehead atoms. The molecule has 0 spiro atoms. The number of guanidine groups is 1. The molecule has 2 fully saturated rings. The van der Waals surface area contributed by atoms with Crippen molar-refractivity contribution in [3.05, 3.63) is 35.9 Å². The summed E-state index contributed by atoms with van der Waals surface area (Å²) in [5, 5.41) is 6.65. The molecule has 0 unspecified atom stereocenters. The van der Waals surface area contributed by atoms with E-state index in [1.54, 1.807) is 11.4 Å². The molecule has 0 amide bonds. The zero-order valence-electron chi connectivity index (χ0n) is 17.0. The van der Waals surface area contributed by atoms with Gasteiger partial charge in [0.05, 0.1) is 5.75 Å². The standard InChI is InChI=1S/C20H32N4O2S2.HI/c1-21-20(22-11-16-28(25,26)24-12-14-27-15-13-24)23-19-9-7-18(8-10-19)17-5-3-2-4-6-17;/h2-6,18-19H,7-16H2,1H3,(H2,21,22,23);1H. The Morgan fingerprint density at radius 3 is 2.41 bits per heavy atom. The summed E-state index contributed by atoms with van der Waals surface area (Å²) in [5.41, 5.74) is 1.43. The van der Waals surface area contributed by atoms with E-state index in [-0.39, 0.29) is 29.7 Å². The fraction of sp³-hybridized carbons (Fsp3) is 0.650. The summed E-state index contributed by atoms with van der Waals surface area (Å²) in [6.07, 6.45) is 4.54. The third-order valence-corrected chi connectivity index (χ3v) is 8.39. The van der Waals surface area contributed by atoms with Gasteiger partial charge in [0, 0.05) is 44.2 Å². The van der Waals surface area contributed by atoms with Crippen molar-refractivity contribution in [1.82, 2.24) is 14.9 Å². The fourth-order valence-electron chi connectivity index (χ4n) is 3.94. The Kier molecular flexibility index (Phi) is 10.5. The van der Waals surface area contributed by atoms with E-state index < -0.39 is 10.0 Å². The normalized spacial score (nSPS) is 23.8. The number of nitrogens with one attached hydrogen (secondary N) is 2. The van der Waals surface area contributed by atoms with Crippen LogP contribution in [0.5, 0.6) is 0 Å². The molecule has 1 aromatic carbocycles. The number of thioether (sulfide) groups is 1. The molecule has 29 heavy (non-hydrogen) atoms. The predicted octanol–water partition coefficient (Wildman–Crippen LogP) is 2.87. The lowest BCUT2D eigenvalue weighted by Crippen LogP contribution is -2.47. The number of nitrogens with zero attached hydrogens (tertiary/aromatic N) is 2. The van der Waals surface area contributed by atoms with E-state index in [0.29, 0.717) is 37.6 Å². The number of sulfonamides is 1. The van der Waals surface area contributed by atoms with Crippen molar-refractivity contribution in [2.24, 2.45) is 4.99 Å². The van der Waals surface area contributed by atoms with E-state index in [1.165, 1.54) is 18.4 Å². The third-order valence-electron chi connectivity index (χ3n) is 5.58. The minimum Gasteiger partial charge on any atom is -0.355 e. The molecule has 1 aliphatic carbocycles. The summed E-state index contributed by atoms with van der Waals surface area (Å²) in [7, 11) is -1.45. The molecule has 1 saturated heterocycles. The fourth-order valence-corrected chi connectivity index (χ4v) is 6.43. The number of benzene rings is 1. The van der Waals surface area contributed by atoms with E-state index in [2.05, 4.69) is 46.0 Å². The van der Waals surface area contributed by atoms with E-state index >= 15 is 0 Å². The molecule has 1 aromatic rings. The molecule has 1 heterocycles. The molecule has 3 rings (SSSR count). The maximum Gasteiger partial charge on any atom is 0.215 e. The molecule has 0 radical (unpaired) electrons. The van der Waals surface area contributed by atoms with Crippen LogP contribution in [0.3, 0.4) is 0 Å². The average molecular weight is 553 g/mol. The summed E-state index contributed by atoms with van der Waals surface area (Å²) in [5.74, 6) is 3.23. The number of hydrogen-bond donors (Lipinski definition) is 2. The number of hydrogen-bond acceptors (Lipinski definition) is 4. The third kappa shape index (κ3) is 7.59. The molecular weight excluding hydrogens is 519 g/mol. The van der Waals surface area contributed by atoms with Gasteiger partial charge in [-0.25, -0.2) is 12.7 Å². The minimum atomic E-state index is -3.18. The first kappa shape index (κ1) is 24.7. The lowest BCUT2D eigenvalue weighted by molar-refractivity contribution is 0.371. The van der Waals surface area contributed by atoms with Gasteiger partial charge >= 0.3 is 0 Å². The quantitative estimate of drug-likeness (QED) is 0.323. The summed E-state index contributed by atoms with van der Waals surface area (Å²) in [4.78, 5) is 4.27. The zero-order valence-corrected chi connectivity index (χ0v) is 21.0. The van der Waals surface area contributed by atoms with Crippen molar-refractivity contribution < 1.29 is 8.42 Å². The first-order chi connectivity index (χ1) is 13.6. The number of aliphatic imine (C=N–C) groups is 1. The van der Waals surface area contributed by atoms with Crippen molar-refractivity contribution >= 4 is 51.7 Å². The molecule has 6 nitrogen and oxygen atoms in total. The molecule has 2 N–H and O–H groups in total. The zero-order chi connectivity index (χ0) is 19.8. The van der Waals surface area contributed by atoms with Gasteiger partial charge in [-0.15, -0.1) is 24.0 Å². The van der Waals surface area contributed by atoms with Gasteiger partial charge < -0.3 is 10.6 Å². The molecular formula is C20H33IN4O2S2. The summed E-state index contributed by atoms with van der Waals surface area (Å²) >= 11 is 1.81. The van der Waals surface area contributed by atoms with Crippen LogP contribution in [-0.2, 0) is 10.0 Å². The summed E-state index contributed by atoms with van der Waals surface area (Å²) in [6, 6.07) is 11.1. The van der Waals surface area contributed by atoms with Crippen LogP contribution in [0.15, 0.2) is 35.3 Å². The SMILES string of the molecule is CN=C(NCCS(=O)(=O)N1CCSCC1)NC1CCC(c2ccccc2)CC1.I. The molecule has 0 atom stereocenters. The first-order valence-electron chi connectivity index (χ1n) is 10.2. The van der Waals surface area contributed by atoms with E-state index in [0.717, 1.165) is 24.3 Å². The second-order valence-electron chi connectivity index (χ2n) is 7.43. The Morgan fingerprint density at radius 2 is 1.79 bits per heavy atom.